The minimum Gasteiger partial charge on any atom is -0.506 e. The Bertz CT molecular complexity index is 2270. The van der Waals surface area contributed by atoms with Crippen molar-refractivity contribution in [1.82, 2.24) is 0 Å². The fraction of sp³-hybridized carbons (Fsp3) is 0.316. The molecular weight excluding hydrogens is 572 g/mol. The van der Waals surface area contributed by atoms with Gasteiger partial charge in [0.15, 0.2) is 0 Å². The van der Waals surface area contributed by atoms with Gasteiger partial charge in [-0.3, -0.25) is 9.79 Å². The third kappa shape index (κ3) is 3.77. The molecule has 0 radical (unpaired) electrons. The van der Waals surface area contributed by atoms with Crippen molar-refractivity contribution in [3.63, 3.8) is 0 Å². The largest absolute Gasteiger partial charge is 0.506 e. The van der Waals surface area contributed by atoms with Crippen molar-refractivity contribution in [2.45, 2.75) is 62.7 Å². The van der Waals surface area contributed by atoms with Crippen LogP contribution in [-0.4, -0.2) is 22.2 Å². The number of hydrogen-bond donors (Lipinski definition) is 4. The summed E-state index contributed by atoms with van der Waals surface area (Å²) in [7, 11) is 0. The van der Waals surface area contributed by atoms with Crippen LogP contribution in [-0.2, 0) is 4.79 Å². The van der Waals surface area contributed by atoms with Crippen molar-refractivity contribution in [1.29, 1.82) is 10.5 Å². The maximum Gasteiger partial charge on any atom is 0.201 e. The van der Waals surface area contributed by atoms with E-state index < -0.39 is 11.3 Å². The number of carbonyl (C=O) groups is 1. The molecule has 46 heavy (non-hydrogen) atoms. The average Bonchev–Trinajstić information content (AvgIpc) is 3.08. The molecule has 9 rings (SSSR count). The molecule has 0 bridgehead atoms. The first kappa shape index (κ1) is 27.0. The number of Topliss-reactive ketones (excluding diaryl/α,β-unsaturated/α-hetero) is 1. The first-order valence-corrected chi connectivity index (χ1v) is 16.3. The Morgan fingerprint density at radius 2 is 1.41 bits per heavy atom. The van der Waals surface area contributed by atoms with Crippen LogP contribution in [0.2, 0.25) is 0 Å². The molecular formula is C38H32N6O2. The molecule has 0 atom stereocenters. The van der Waals surface area contributed by atoms with E-state index in [0.717, 1.165) is 95.3 Å². The molecule has 2 heterocycles. The molecule has 0 aromatic heterocycles. The van der Waals surface area contributed by atoms with Gasteiger partial charge in [0, 0.05) is 39.1 Å². The number of nitrogens with zero attached hydrogens (tertiary/aromatic N) is 3. The molecule has 2 aliphatic heterocycles. The molecule has 8 nitrogen and oxygen atoms in total. The Morgan fingerprint density at radius 1 is 0.739 bits per heavy atom. The standard InChI is InChI=1S/C38H32N6O2/c39-19-21-11-15-37(16-12-21)41-27-5-1-3-23-7-9-25(33(43-37)29(23)27)31-35(45)32(36(31)46)26-10-8-24-4-2-6-28-30(24)34(26)44-38(42-28)17-13-22(20-40)14-18-38/h1-10,21-22,41,43-45H,11-18H2/b32-26+. The van der Waals surface area contributed by atoms with E-state index in [4.69, 9.17) is 4.99 Å². The van der Waals surface area contributed by atoms with Crippen molar-refractivity contribution in [3.8, 4) is 12.1 Å². The summed E-state index contributed by atoms with van der Waals surface area (Å²) < 4.78 is 0. The number of benzene rings is 4. The predicted molar refractivity (Wildman–Crippen MR) is 178 cm³/mol. The smallest absolute Gasteiger partial charge is 0.201 e. The maximum atomic E-state index is 14.3. The molecule has 226 valence electrons. The lowest BCUT2D eigenvalue weighted by Gasteiger charge is -2.45. The van der Waals surface area contributed by atoms with Crippen LogP contribution < -0.4 is 26.5 Å². The highest BCUT2D eigenvalue weighted by Crippen LogP contribution is 2.49. The van der Waals surface area contributed by atoms with Gasteiger partial charge in [-0.2, -0.15) is 10.5 Å². The molecule has 4 aromatic carbocycles. The molecule has 5 aliphatic rings. The zero-order chi connectivity index (χ0) is 31.2. The zero-order valence-electron chi connectivity index (χ0n) is 25.3. The van der Waals surface area contributed by atoms with E-state index in [2.05, 4.69) is 40.2 Å². The van der Waals surface area contributed by atoms with Gasteiger partial charge in [0.2, 0.25) is 5.78 Å². The fourth-order valence-corrected chi connectivity index (χ4v) is 8.49. The number of aliphatic hydroxyl groups is 1. The molecule has 0 unspecified atom stereocenters. The zero-order valence-corrected chi connectivity index (χ0v) is 25.3. The summed E-state index contributed by atoms with van der Waals surface area (Å²) >= 11 is 0. The summed E-state index contributed by atoms with van der Waals surface area (Å²) in [5.74, 6) is -0.114. The van der Waals surface area contributed by atoms with Crippen LogP contribution in [0.15, 0.2) is 71.4 Å². The first-order chi connectivity index (χ1) is 22.4. The Balaban J connectivity index is 1.20. The number of nitriles is 2. The number of aliphatic hydroxyl groups excluding tert-OH is 1. The highest BCUT2D eigenvalue weighted by molar-refractivity contribution is 6.52. The second-order valence-electron chi connectivity index (χ2n) is 13.6. The van der Waals surface area contributed by atoms with Gasteiger partial charge in [0.25, 0.3) is 0 Å². The van der Waals surface area contributed by atoms with E-state index in [1.165, 1.54) is 0 Å². The van der Waals surface area contributed by atoms with Crippen molar-refractivity contribution in [3.05, 3.63) is 82.6 Å². The number of carbonyl (C=O) groups excluding carboxylic acids is 1. The van der Waals surface area contributed by atoms with Crippen LogP contribution in [0.1, 0.15) is 56.9 Å². The Labute approximate surface area is 265 Å². The summed E-state index contributed by atoms with van der Waals surface area (Å²) in [5.41, 5.74) is 3.03. The van der Waals surface area contributed by atoms with Crippen molar-refractivity contribution in [2.75, 3.05) is 16.0 Å². The first-order valence-electron chi connectivity index (χ1n) is 16.3. The molecule has 4 N–H and O–H groups in total. The maximum absolute atomic E-state index is 14.3. The number of allylic oxidation sites excluding steroid dienone is 2. The van der Waals surface area contributed by atoms with Gasteiger partial charge >= 0.3 is 0 Å². The lowest BCUT2D eigenvalue weighted by Crippen LogP contribution is -2.50. The van der Waals surface area contributed by atoms with E-state index in [1.807, 2.05) is 48.5 Å². The van der Waals surface area contributed by atoms with Crippen LogP contribution in [0.25, 0.3) is 32.7 Å². The molecule has 8 heteroatoms. The Hall–Kier alpha value is -5.34. The van der Waals surface area contributed by atoms with Gasteiger partial charge < -0.3 is 21.1 Å². The van der Waals surface area contributed by atoms with Crippen molar-refractivity contribution >= 4 is 55.5 Å². The molecule has 2 saturated carbocycles. The minimum atomic E-state index is -0.547. The van der Waals surface area contributed by atoms with Gasteiger partial charge in [-0.25, -0.2) is 0 Å². The van der Waals surface area contributed by atoms with Crippen LogP contribution in [0.4, 0.5) is 17.1 Å². The van der Waals surface area contributed by atoms with E-state index in [0.29, 0.717) is 21.9 Å². The van der Waals surface area contributed by atoms with Crippen molar-refractivity contribution < 1.29 is 9.90 Å². The van der Waals surface area contributed by atoms with Crippen molar-refractivity contribution in [2.24, 2.45) is 16.8 Å². The summed E-state index contributed by atoms with van der Waals surface area (Å²) in [6.07, 6.45) is 6.12. The second-order valence-corrected chi connectivity index (χ2v) is 13.6. The molecule has 2 spiro atoms. The summed E-state index contributed by atoms with van der Waals surface area (Å²) in [6.45, 7) is 0. The highest BCUT2D eigenvalue weighted by Gasteiger charge is 2.43. The molecule has 0 saturated heterocycles. The number of rotatable bonds is 1. The lowest BCUT2D eigenvalue weighted by molar-refractivity contribution is -0.109. The average molecular weight is 605 g/mol. The number of anilines is 3. The van der Waals surface area contributed by atoms with Crippen LogP contribution in [0.5, 0.6) is 0 Å². The summed E-state index contributed by atoms with van der Waals surface area (Å²) in [5, 5.41) is 47.6. The Kier molecular flexibility index (Phi) is 5.63. The van der Waals surface area contributed by atoms with Gasteiger partial charge in [-0.15, -0.1) is 0 Å². The monoisotopic (exact) mass is 604 g/mol. The van der Waals surface area contributed by atoms with Gasteiger partial charge in [0.05, 0.1) is 40.0 Å². The van der Waals surface area contributed by atoms with Crippen LogP contribution in [0.3, 0.4) is 0 Å². The normalized spacial score (nSPS) is 28.9. The van der Waals surface area contributed by atoms with Gasteiger partial charge in [-0.05, 0) is 74.3 Å². The quantitative estimate of drug-likeness (QED) is 0.198. The third-order valence-corrected chi connectivity index (χ3v) is 11.0. The molecule has 3 aliphatic carbocycles. The topological polar surface area (TPSA) is 133 Å². The number of hydrogen-bond acceptors (Lipinski definition) is 8. The lowest BCUT2D eigenvalue weighted by atomic mass is 9.77. The Morgan fingerprint density at radius 3 is 2.13 bits per heavy atom. The predicted octanol–water partition coefficient (Wildman–Crippen LogP) is 6.40. The molecule has 0 amide bonds. The van der Waals surface area contributed by atoms with Crippen LogP contribution in [0, 0.1) is 34.5 Å². The van der Waals surface area contributed by atoms with E-state index in [9.17, 15) is 20.4 Å². The minimum absolute atomic E-state index is 0.000263. The molecule has 2 fully saturated rings. The summed E-state index contributed by atoms with van der Waals surface area (Å²) in [6, 6.07) is 24.9. The number of nitrogens with one attached hydrogen (secondary N) is 3. The summed E-state index contributed by atoms with van der Waals surface area (Å²) in [4.78, 5) is 19.4. The van der Waals surface area contributed by atoms with Gasteiger partial charge in [0.1, 0.15) is 17.1 Å². The highest BCUT2D eigenvalue weighted by atomic mass is 16.3. The van der Waals surface area contributed by atoms with E-state index in [1.54, 1.807) is 0 Å². The number of ketones is 1. The van der Waals surface area contributed by atoms with Crippen LogP contribution >= 0.6 is 0 Å². The SMILES string of the molecule is N#CC1CCC2(CC1)N=c1cccc3cc/c(=C4\C(=O)C(c5ccc6cccc7c6c5NC5(CCC(C#N)CC5)N7)=C4O)c(c13)N2. The second kappa shape index (κ2) is 9.58. The molecule has 4 aromatic rings. The third-order valence-electron chi connectivity index (χ3n) is 11.0. The van der Waals surface area contributed by atoms with E-state index in [-0.39, 0.29) is 23.4 Å². The fourth-order valence-electron chi connectivity index (χ4n) is 8.49. The van der Waals surface area contributed by atoms with Gasteiger partial charge in [-0.1, -0.05) is 48.5 Å². The van der Waals surface area contributed by atoms with E-state index >= 15 is 0 Å².